The quantitative estimate of drug-likeness (QED) is 0.427. The molecule has 136 valence electrons. The fourth-order valence-electron chi connectivity index (χ4n) is 3.50. The first-order chi connectivity index (χ1) is 13.5. The Hall–Kier alpha value is -3.71. The number of nitrogens with two attached hydrogens (primary N) is 1. The van der Waals surface area contributed by atoms with E-state index in [0.717, 1.165) is 5.56 Å². The number of carbonyl (C=O) groups excluding carboxylic acids is 1. The van der Waals surface area contributed by atoms with E-state index < -0.39 is 5.91 Å². The number of phenolic OH excluding ortho intramolecular Hbond substituents is 1. The molecule has 0 fully saturated rings. The van der Waals surface area contributed by atoms with Crippen LogP contribution in [0.4, 0.5) is 5.69 Å². The number of H-pyrrole nitrogens is 1. The van der Waals surface area contributed by atoms with Crippen LogP contribution in [0.25, 0.3) is 22.2 Å². The Bertz CT molecular complexity index is 1330. The Morgan fingerprint density at radius 3 is 2.68 bits per heavy atom. The number of rotatable bonds is 2. The van der Waals surface area contributed by atoms with E-state index in [4.69, 9.17) is 22.3 Å². The lowest BCUT2D eigenvalue weighted by Gasteiger charge is -2.08. The number of primary amides is 1. The number of fused-ring (bicyclic) bond motifs is 2. The van der Waals surface area contributed by atoms with E-state index in [0.29, 0.717) is 44.1 Å². The Labute approximate surface area is 163 Å². The molecule has 7 nitrogen and oxygen atoms in total. The second kappa shape index (κ2) is 5.90. The normalized spacial score (nSPS) is 12.4. The summed E-state index contributed by atoms with van der Waals surface area (Å²) in [5.74, 6) is -0.609. The van der Waals surface area contributed by atoms with Gasteiger partial charge in [-0.25, -0.2) is 4.99 Å². The largest absolute Gasteiger partial charge is 0.508 e. The van der Waals surface area contributed by atoms with Crippen LogP contribution in [0, 0.1) is 0 Å². The lowest BCUT2D eigenvalue weighted by molar-refractivity contribution is 0.0995. The van der Waals surface area contributed by atoms with Crippen LogP contribution < -0.4 is 5.73 Å². The lowest BCUT2D eigenvalue weighted by atomic mass is 9.96. The first kappa shape index (κ1) is 16.5. The summed E-state index contributed by atoms with van der Waals surface area (Å²) in [5.41, 5.74) is 10.1. The van der Waals surface area contributed by atoms with Crippen molar-refractivity contribution in [2.75, 3.05) is 0 Å². The zero-order valence-corrected chi connectivity index (χ0v) is 15.0. The topological polar surface area (TPSA) is 117 Å². The smallest absolute Gasteiger partial charge is 0.269 e. The van der Waals surface area contributed by atoms with E-state index in [-0.39, 0.29) is 11.4 Å². The Balaban J connectivity index is 1.95. The number of aromatic hydroxyl groups is 1. The molecule has 3 heterocycles. The molecule has 0 atom stereocenters. The minimum Gasteiger partial charge on any atom is -0.508 e. The van der Waals surface area contributed by atoms with Crippen LogP contribution in [0.15, 0.2) is 53.7 Å². The third-order valence-electron chi connectivity index (χ3n) is 4.70. The molecular weight excluding hydrogens is 378 g/mol. The summed E-state index contributed by atoms with van der Waals surface area (Å²) in [6.07, 6.45) is 1.75. The molecule has 0 unspecified atom stereocenters. The van der Waals surface area contributed by atoms with Gasteiger partial charge in [-0.1, -0.05) is 29.8 Å². The van der Waals surface area contributed by atoms with Gasteiger partial charge in [0.05, 0.1) is 16.4 Å². The number of carbonyl (C=O) groups is 1. The maximum Gasteiger partial charge on any atom is 0.269 e. The Kier molecular flexibility index (Phi) is 3.47. The van der Waals surface area contributed by atoms with Crippen LogP contribution in [-0.4, -0.2) is 31.9 Å². The molecule has 0 saturated heterocycles. The third-order valence-corrected chi connectivity index (χ3v) is 5.01. The van der Waals surface area contributed by atoms with Crippen molar-refractivity contribution < 1.29 is 9.90 Å². The van der Waals surface area contributed by atoms with Gasteiger partial charge in [0.2, 0.25) is 0 Å². The summed E-state index contributed by atoms with van der Waals surface area (Å²) in [6, 6.07) is 12.1. The first-order valence-electron chi connectivity index (χ1n) is 8.39. The van der Waals surface area contributed by atoms with Crippen molar-refractivity contribution in [3.63, 3.8) is 0 Å². The number of amides is 1. The van der Waals surface area contributed by atoms with Crippen molar-refractivity contribution in [3.8, 4) is 16.9 Å². The first-order valence-corrected chi connectivity index (χ1v) is 8.77. The Morgan fingerprint density at radius 1 is 1.07 bits per heavy atom. The van der Waals surface area contributed by atoms with E-state index >= 15 is 0 Å². The summed E-state index contributed by atoms with van der Waals surface area (Å²) in [7, 11) is 0. The number of hydrogen-bond donors (Lipinski definition) is 3. The number of aromatic amines is 1. The second-order valence-corrected chi connectivity index (χ2v) is 6.76. The van der Waals surface area contributed by atoms with Crippen LogP contribution in [-0.2, 0) is 0 Å². The molecule has 1 amide bonds. The molecule has 28 heavy (non-hydrogen) atoms. The van der Waals surface area contributed by atoms with Crippen molar-refractivity contribution >= 4 is 39.9 Å². The summed E-state index contributed by atoms with van der Waals surface area (Å²) in [4.78, 5) is 20.0. The number of para-hydroxylation sites is 1. The van der Waals surface area contributed by atoms with Gasteiger partial charge in [0.25, 0.3) is 5.91 Å². The van der Waals surface area contributed by atoms with Crippen molar-refractivity contribution in [3.05, 3.63) is 70.5 Å². The number of aromatic nitrogens is 3. The summed E-state index contributed by atoms with van der Waals surface area (Å²) in [6.45, 7) is 0. The molecule has 8 heteroatoms. The summed E-state index contributed by atoms with van der Waals surface area (Å²) < 4.78 is 0. The van der Waals surface area contributed by atoms with Gasteiger partial charge in [-0.3, -0.25) is 4.79 Å². The van der Waals surface area contributed by atoms with Crippen molar-refractivity contribution in [1.29, 1.82) is 0 Å². The number of nitrogens with zero attached hydrogens (tertiary/aromatic N) is 3. The number of hydrogen-bond acceptors (Lipinski definition) is 5. The molecule has 4 N–H and O–H groups in total. The monoisotopic (exact) mass is 389 g/mol. The van der Waals surface area contributed by atoms with Crippen LogP contribution in [0.1, 0.15) is 21.6 Å². The molecule has 5 rings (SSSR count). The molecule has 0 saturated carbocycles. The lowest BCUT2D eigenvalue weighted by Crippen LogP contribution is -2.16. The van der Waals surface area contributed by atoms with Gasteiger partial charge in [-0.2, -0.15) is 0 Å². The average molecular weight is 390 g/mol. The van der Waals surface area contributed by atoms with Gasteiger partial charge in [-0.15, -0.1) is 10.2 Å². The summed E-state index contributed by atoms with van der Waals surface area (Å²) in [5, 5.41) is 18.9. The predicted molar refractivity (Wildman–Crippen MR) is 106 cm³/mol. The fraction of sp³-hybridized carbons (Fsp3) is 0. The second-order valence-electron chi connectivity index (χ2n) is 6.36. The van der Waals surface area contributed by atoms with Crippen LogP contribution in [0.5, 0.6) is 5.75 Å². The van der Waals surface area contributed by atoms with Crippen molar-refractivity contribution in [2.24, 2.45) is 10.7 Å². The van der Waals surface area contributed by atoms with Gasteiger partial charge in [-0.05, 0) is 24.3 Å². The van der Waals surface area contributed by atoms with Crippen LogP contribution >= 0.6 is 11.6 Å². The molecule has 1 aliphatic rings. The van der Waals surface area contributed by atoms with Gasteiger partial charge in [0.15, 0.2) is 11.3 Å². The molecule has 2 aromatic heterocycles. The fourth-order valence-corrected chi connectivity index (χ4v) is 3.76. The molecule has 1 aliphatic heterocycles. The van der Waals surface area contributed by atoms with Gasteiger partial charge >= 0.3 is 0 Å². The minimum atomic E-state index is -0.669. The SMILES string of the molecule is NC(=O)c1nnc2[nH]cc3c2c1-c1ccccc1N=C3c1ccc(O)cc1Cl. The highest BCUT2D eigenvalue weighted by atomic mass is 35.5. The highest BCUT2D eigenvalue weighted by molar-refractivity contribution is 6.37. The van der Waals surface area contributed by atoms with E-state index in [2.05, 4.69) is 15.2 Å². The molecule has 2 aromatic carbocycles. The molecule has 0 bridgehead atoms. The van der Waals surface area contributed by atoms with Crippen LogP contribution in [0.2, 0.25) is 5.02 Å². The zero-order chi connectivity index (χ0) is 19.4. The van der Waals surface area contributed by atoms with E-state index in [9.17, 15) is 9.90 Å². The molecule has 0 aliphatic carbocycles. The predicted octanol–water partition coefficient (Wildman–Crippen LogP) is 3.57. The maximum absolute atomic E-state index is 12.1. The molecule has 4 aromatic rings. The highest BCUT2D eigenvalue weighted by Gasteiger charge is 2.27. The minimum absolute atomic E-state index is 0.0601. The standard InChI is InChI=1S/C20H12ClN5O2/c21-13-7-9(27)5-6-10(13)17-12-8-23-20-16(12)15(18(19(22)28)25-26-20)11-3-1-2-4-14(11)24-17/h1-8,27H,(H2,22,28)(H,23,26). The van der Waals surface area contributed by atoms with Crippen molar-refractivity contribution in [2.45, 2.75) is 0 Å². The highest BCUT2D eigenvalue weighted by Crippen LogP contribution is 2.42. The number of benzene rings is 2. The molecule has 0 spiro atoms. The van der Waals surface area contributed by atoms with Gasteiger partial charge < -0.3 is 15.8 Å². The van der Waals surface area contributed by atoms with Crippen molar-refractivity contribution in [1.82, 2.24) is 15.2 Å². The average Bonchev–Trinajstić information content (AvgIpc) is 3.04. The maximum atomic E-state index is 12.1. The van der Waals surface area contributed by atoms with Gasteiger partial charge in [0.1, 0.15) is 5.75 Å². The number of aliphatic imine (C=N–C) groups is 1. The Morgan fingerprint density at radius 2 is 1.89 bits per heavy atom. The number of phenols is 1. The zero-order valence-electron chi connectivity index (χ0n) is 14.3. The van der Waals surface area contributed by atoms with E-state index in [1.54, 1.807) is 18.3 Å². The molecular formula is C20H12ClN5O2. The molecule has 0 radical (unpaired) electrons. The van der Waals surface area contributed by atoms with Crippen LogP contribution in [0.3, 0.4) is 0 Å². The summed E-state index contributed by atoms with van der Waals surface area (Å²) >= 11 is 6.40. The number of halogens is 1. The van der Waals surface area contributed by atoms with Gasteiger partial charge in [0, 0.05) is 33.8 Å². The van der Waals surface area contributed by atoms with E-state index in [1.807, 2.05) is 24.3 Å². The number of nitrogens with one attached hydrogen (secondary N) is 1. The third kappa shape index (κ3) is 2.30. The van der Waals surface area contributed by atoms with E-state index in [1.165, 1.54) is 6.07 Å².